The number of hydrogen-bond donors (Lipinski definition) is 0. The molecule has 0 aliphatic heterocycles. The predicted octanol–water partition coefficient (Wildman–Crippen LogP) is 3.12. The van der Waals surface area contributed by atoms with Gasteiger partial charge in [0.2, 0.25) is 0 Å². The number of rotatable bonds is 2. The standard InChI is InChI=1S/C8H10BrP/c1-2-10(9)8-6-4-3-5-7-8/h3-7H,2H2,1H3. The van der Waals surface area contributed by atoms with Gasteiger partial charge in [0.1, 0.15) is 0 Å². The van der Waals surface area contributed by atoms with Gasteiger partial charge in [-0.15, -0.1) is 0 Å². The van der Waals surface area contributed by atoms with Crippen molar-refractivity contribution >= 4 is 27.4 Å². The van der Waals surface area contributed by atoms with Gasteiger partial charge in [-0.25, -0.2) is 0 Å². The van der Waals surface area contributed by atoms with Crippen molar-refractivity contribution in [3.05, 3.63) is 30.3 Å². The van der Waals surface area contributed by atoms with Crippen LogP contribution >= 0.6 is 22.1 Å². The van der Waals surface area contributed by atoms with Crippen molar-refractivity contribution in [2.45, 2.75) is 6.92 Å². The van der Waals surface area contributed by atoms with Gasteiger partial charge in [0.05, 0.1) is 0 Å². The van der Waals surface area contributed by atoms with Gasteiger partial charge in [-0.3, -0.25) is 0 Å². The smallest absolute Gasteiger partial charge is 0.00480 e. The van der Waals surface area contributed by atoms with Crippen molar-refractivity contribution in [3.8, 4) is 0 Å². The number of hydrogen-bond acceptors (Lipinski definition) is 0. The third-order valence-electron chi connectivity index (χ3n) is 1.31. The van der Waals surface area contributed by atoms with Gasteiger partial charge in [0.15, 0.2) is 0 Å². The SMILES string of the molecule is CCP(Br)c1ccccc1. The van der Waals surface area contributed by atoms with Gasteiger partial charge >= 0.3 is 0 Å². The average molecular weight is 217 g/mol. The molecule has 0 N–H and O–H groups in total. The van der Waals surface area contributed by atoms with Crippen molar-refractivity contribution in [1.29, 1.82) is 0 Å². The zero-order chi connectivity index (χ0) is 7.40. The summed E-state index contributed by atoms with van der Waals surface area (Å²) in [5, 5.41) is 1.43. The molecule has 0 amide bonds. The minimum Gasteiger partial charge on any atom is -0.0622 e. The molecule has 0 heterocycles. The highest BCUT2D eigenvalue weighted by Crippen LogP contribution is 2.41. The second kappa shape index (κ2) is 4.10. The highest BCUT2D eigenvalue weighted by Gasteiger charge is 2.00. The summed E-state index contributed by atoms with van der Waals surface area (Å²) in [4.78, 5) is 0. The summed E-state index contributed by atoms with van der Waals surface area (Å²) in [5.74, 6) is 0. The summed E-state index contributed by atoms with van der Waals surface area (Å²) in [5.41, 5.74) is 0. The lowest BCUT2D eigenvalue weighted by molar-refractivity contribution is 1.52. The number of benzene rings is 1. The predicted molar refractivity (Wildman–Crippen MR) is 52.5 cm³/mol. The largest absolute Gasteiger partial charge is 0.0622 e. The normalized spacial score (nSPS) is 13.0. The van der Waals surface area contributed by atoms with Crippen molar-refractivity contribution in [2.24, 2.45) is 0 Å². The molecule has 0 aromatic heterocycles. The van der Waals surface area contributed by atoms with Crippen LogP contribution in [0.5, 0.6) is 0 Å². The molecular formula is C8H10BrP. The monoisotopic (exact) mass is 216 g/mol. The van der Waals surface area contributed by atoms with Crippen LogP contribution < -0.4 is 5.30 Å². The first-order valence-corrected chi connectivity index (χ1v) is 6.87. The Hall–Kier alpha value is 0.130. The molecule has 1 unspecified atom stereocenters. The molecule has 0 radical (unpaired) electrons. The van der Waals surface area contributed by atoms with E-state index in [1.807, 2.05) is 0 Å². The topological polar surface area (TPSA) is 0 Å². The van der Waals surface area contributed by atoms with Crippen molar-refractivity contribution < 1.29 is 0 Å². The molecule has 10 heavy (non-hydrogen) atoms. The van der Waals surface area contributed by atoms with Crippen LogP contribution in [0.25, 0.3) is 0 Å². The van der Waals surface area contributed by atoms with Crippen LogP contribution in [0.2, 0.25) is 0 Å². The maximum absolute atomic E-state index is 3.65. The van der Waals surface area contributed by atoms with Crippen LogP contribution in [0.4, 0.5) is 0 Å². The van der Waals surface area contributed by atoms with Crippen molar-refractivity contribution in [1.82, 2.24) is 0 Å². The fourth-order valence-electron chi connectivity index (χ4n) is 0.772. The molecule has 0 saturated carbocycles. The second-order valence-electron chi connectivity index (χ2n) is 2.01. The van der Waals surface area contributed by atoms with E-state index in [1.54, 1.807) is 0 Å². The van der Waals surface area contributed by atoms with Gasteiger partial charge in [0, 0.05) is 0 Å². The summed E-state index contributed by atoms with van der Waals surface area (Å²) in [7, 11) is 0. The molecule has 0 saturated heterocycles. The Morgan fingerprint density at radius 2 is 1.90 bits per heavy atom. The summed E-state index contributed by atoms with van der Waals surface area (Å²) in [6, 6.07) is 10.6. The molecule has 0 bridgehead atoms. The molecule has 0 spiro atoms. The summed E-state index contributed by atoms with van der Waals surface area (Å²) in [6.07, 6.45) is 1.21. The van der Waals surface area contributed by atoms with Gasteiger partial charge in [-0.05, 0) is 18.1 Å². The Morgan fingerprint density at radius 3 is 2.40 bits per heavy atom. The molecule has 1 aromatic carbocycles. The minimum absolute atomic E-state index is 0.0610. The summed E-state index contributed by atoms with van der Waals surface area (Å²) >= 11 is 3.65. The Kier molecular flexibility index (Phi) is 3.37. The Morgan fingerprint density at radius 1 is 1.30 bits per heavy atom. The summed E-state index contributed by atoms with van der Waals surface area (Å²) < 4.78 is 0. The first kappa shape index (κ1) is 8.23. The summed E-state index contributed by atoms with van der Waals surface area (Å²) in [6.45, 7) is 2.14. The fraction of sp³-hybridized carbons (Fsp3) is 0.250. The lowest BCUT2D eigenvalue weighted by Gasteiger charge is -2.04. The lowest BCUT2D eigenvalue weighted by atomic mass is 10.4. The molecule has 1 atom stereocenters. The molecule has 0 nitrogen and oxygen atoms in total. The highest BCUT2D eigenvalue weighted by atomic mass is 79.9. The number of halogens is 1. The third-order valence-corrected chi connectivity index (χ3v) is 5.46. The van der Waals surface area contributed by atoms with Crippen LogP contribution in [-0.4, -0.2) is 6.16 Å². The van der Waals surface area contributed by atoms with E-state index in [0.717, 1.165) is 0 Å². The van der Waals surface area contributed by atoms with Gasteiger partial charge < -0.3 is 0 Å². The van der Waals surface area contributed by atoms with Crippen LogP contribution in [0.1, 0.15) is 6.92 Å². The van der Waals surface area contributed by atoms with E-state index in [9.17, 15) is 0 Å². The first-order valence-electron chi connectivity index (χ1n) is 3.33. The molecule has 0 aliphatic carbocycles. The van der Waals surface area contributed by atoms with E-state index < -0.39 is 0 Å². The van der Waals surface area contributed by atoms with Crippen molar-refractivity contribution in [2.75, 3.05) is 6.16 Å². The van der Waals surface area contributed by atoms with E-state index in [4.69, 9.17) is 0 Å². The molecule has 54 valence electrons. The molecule has 0 fully saturated rings. The minimum atomic E-state index is -0.0610. The fourth-order valence-corrected chi connectivity index (χ4v) is 2.34. The van der Waals surface area contributed by atoms with Gasteiger partial charge in [-0.1, -0.05) is 52.7 Å². The van der Waals surface area contributed by atoms with Crippen LogP contribution in [0.15, 0.2) is 30.3 Å². The van der Waals surface area contributed by atoms with Crippen LogP contribution in [-0.2, 0) is 0 Å². The van der Waals surface area contributed by atoms with Gasteiger partial charge in [0.25, 0.3) is 0 Å². The van der Waals surface area contributed by atoms with E-state index >= 15 is 0 Å². The first-order chi connectivity index (χ1) is 4.84. The van der Waals surface area contributed by atoms with E-state index in [2.05, 4.69) is 52.7 Å². The van der Waals surface area contributed by atoms with Crippen LogP contribution in [0.3, 0.4) is 0 Å². The molecule has 1 rings (SSSR count). The second-order valence-corrected chi connectivity index (χ2v) is 6.46. The molecule has 1 aromatic rings. The quantitative estimate of drug-likeness (QED) is 0.667. The zero-order valence-corrected chi connectivity index (χ0v) is 8.40. The van der Waals surface area contributed by atoms with E-state index in [-0.39, 0.29) is 6.62 Å². The Labute approximate surface area is 71.1 Å². The maximum Gasteiger partial charge on any atom is -0.00480 e. The van der Waals surface area contributed by atoms with E-state index in [1.165, 1.54) is 11.5 Å². The average Bonchev–Trinajstić information content (AvgIpc) is 2.05. The Bertz CT molecular complexity index is 186. The van der Waals surface area contributed by atoms with Gasteiger partial charge in [-0.2, -0.15) is 0 Å². The van der Waals surface area contributed by atoms with Crippen molar-refractivity contribution in [3.63, 3.8) is 0 Å². The Balaban J connectivity index is 2.75. The zero-order valence-electron chi connectivity index (χ0n) is 5.92. The highest BCUT2D eigenvalue weighted by molar-refractivity contribution is 9.40. The maximum atomic E-state index is 3.65. The molecular weight excluding hydrogens is 207 g/mol. The molecule has 0 aliphatic rings. The third kappa shape index (κ3) is 2.07. The van der Waals surface area contributed by atoms with Crippen LogP contribution in [0, 0.1) is 0 Å². The lowest BCUT2D eigenvalue weighted by Crippen LogP contribution is -1.95. The van der Waals surface area contributed by atoms with E-state index in [0.29, 0.717) is 0 Å². The molecule has 2 heteroatoms.